The smallest absolute Gasteiger partial charge is 0.139 e. The molecule has 0 unspecified atom stereocenters. The number of fused-ring (bicyclic) bond motifs is 1. The average Bonchev–Trinajstić information content (AvgIpc) is 2.75. The second-order valence-corrected chi connectivity index (χ2v) is 11.5. The summed E-state index contributed by atoms with van der Waals surface area (Å²) < 4.78 is 7.59. The number of benzene rings is 1. The normalized spacial score (nSPS) is 11.7. The molecule has 19 heavy (non-hydrogen) atoms. The van der Waals surface area contributed by atoms with E-state index in [1.54, 1.807) is 0 Å². The Morgan fingerprint density at radius 1 is 1.37 bits per heavy atom. The van der Waals surface area contributed by atoms with Gasteiger partial charge in [-0.3, -0.25) is 0 Å². The van der Waals surface area contributed by atoms with Crippen molar-refractivity contribution in [1.29, 1.82) is 0 Å². The number of ether oxygens (including phenoxy) is 1. The highest BCUT2D eigenvalue weighted by Crippen LogP contribution is 2.15. The van der Waals surface area contributed by atoms with Gasteiger partial charge in [0.1, 0.15) is 6.73 Å². The molecule has 0 aliphatic rings. The van der Waals surface area contributed by atoms with Crippen molar-refractivity contribution < 1.29 is 4.74 Å². The largest absolute Gasteiger partial charge is 0.360 e. The van der Waals surface area contributed by atoms with Gasteiger partial charge in [0.15, 0.2) is 0 Å². The van der Waals surface area contributed by atoms with E-state index in [2.05, 4.69) is 30.7 Å². The number of terminal acetylenes is 1. The third-order valence-electron chi connectivity index (χ3n) is 3.02. The van der Waals surface area contributed by atoms with Gasteiger partial charge in [-0.05, 0) is 24.2 Å². The Labute approximate surface area is 115 Å². The van der Waals surface area contributed by atoms with E-state index in [9.17, 15) is 0 Å². The van der Waals surface area contributed by atoms with E-state index in [4.69, 9.17) is 11.2 Å². The monoisotopic (exact) mass is 272 g/mol. The Bertz CT molecular complexity index is 605. The fourth-order valence-corrected chi connectivity index (χ4v) is 2.57. The van der Waals surface area contributed by atoms with Gasteiger partial charge in [-0.2, -0.15) is 5.10 Å². The lowest BCUT2D eigenvalue weighted by molar-refractivity contribution is 0.0817. The second kappa shape index (κ2) is 5.60. The Morgan fingerprint density at radius 3 is 2.84 bits per heavy atom. The highest BCUT2D eigenvalue weighted by Gasteiger charge is 2.12. The maximum absolute atomic E-state index is 5.71. The molecule has 0 spiro atoms. The van der Waals surface area contributed by atoms with Gasteiger partial charge in [0.25, 0.3) is 0 Å². The summed E-state index contributed by atoms with van der Waals surface area (Å²) in [6, 6.07) is 7.08. The van der Waals surface area contributed by atoms with Gasteiger partial charge < -0.3 is 4.74 Å². The molecule has 3 nitrogen and oxygen atoms in total. The van der Waals surface area contributed by atoms with Crippen LogP contribution in [-0.4, -0.2) is 24.5 Å². The summed E-state index contributed by atoms with van der Waals surface area (Å²) >= 11 is 0. The molecule has 0 atom stereocenters. The minimum Gasteiger partial charge on any atom is -0.360 e. The molecule has 0 aliphatic heterocycles. The first-order valence-electron chi connectivity index (χ1n) is 6.49. The zero-order valence-corrected chi connectivity index (χ0v) is 12.8. The number of hydrogen-bond acceptors (Lipinski definition) is 2. The van der Waals surface area contributed by atoms with E-state index in [0.29, 0.717) is 6.73 Å². The van der Waals surface area contributed by atoms with E-state index in [0.717, 1.165) is 23.1 Å². The minimum absolute atomic E-state index is 0.503. The van der Waals surface area contributed by atoms with Crippen LogP contribution in [0.3, 0.4) is 0 Å². The molecule has 0 N–H and O–H groups in total. The van der Waals surface area contributed by atoms with Crippen molar-refractivity contribution in [2.75, 3.05) is 6.61 Å². The van der Waals surface area contributed by atoms with E-state index in [-0.39, 0.29) is 0 Å². The quantitative estimate of drug-likeness (QED) is 0.474. The molecule has 0 bridgehead atoms. The second-order valence-electron chi connectivity index (χ2n) is 5.91. The predicted molar refractivity (Wildman–Crippen MR) is 81.8 cm³/mol. The van der Waals surface area contributed by atoms with Crippen LogP contribution in [-0.2, 0) is 11.5 Å². The lowest BCUT2D eigenvalue weighted by Crippen LogP contribution is -2.22. The van der Waals surface area contributed by atoms with Crippen molar-refractivity contribution in [3.63, 3.8) is 0 Å². The molecular formula is C15H20N2OSi. The van der Waals surface area contributed by atoms with Gasteiger partial charge in [0.05, 0.1) is 11.7 Å². The lowest BCUT2D eigenvalue weighted by Gasteiger charge is -2.15. The molecule has 2 aromatic rings. The molecule has 4 heteroatoms. The van der Waals surface area contributed by atoms with Crippen LogP contribution in [0.4, 0.5) is 0 Å². The standard InChI is InChI=1S/C15H20N2OSi/c1-5-13-6-7-15-14(10-13)11-16-17(15)12-18-8-9-19(2,3)4/h1,6-7,10-11H,8-9,12H2,2-4H3. The zero-order chi connectivity index (χ0) is 13.9. The molecule has 0 fully saturated rings. The molecule has 0 amide bonds. The van der Waals surface area contributed by atoms with E-state index >= 15 is 0 Å². The topological polar surface area (TPSA) is 27.1 Å². The molecule has 100 valence electrons. The summed E-state index contributed by atoms with van der Waals surface area (Å²) in [4.78, 5) is 0. The summed E-state index contributed by atoms with van der Waals surface area (Å²) in [5, 5.41) is 5.40. The molecule has 0 saturated carbocycles. The first-order valence-corrected chi connectivity index (χ1v) is 10.2. The van der Waals surface area contributed by atoms with Crippen molar-refractivity contribution in [2.24, 2.45) is 0 Å². The van der Waals surface area contributed by atoms with Crippen LogP contribution in [0.1, 0.15) is 5.56 Å². The van der Waals surface area contributed by atoms with Gasteiger partial charge in [-0.25, -0.2) is 4.68 Å². The van der Waals surface area contributed by atoms with Crippen LogP contribution in [0.2, 0.25) is 25.7 Å². The molecule has 0 saturated heterocycles. The van der Waals surface area contributed by atoms with Crippen LogP contribution >= 0.6 is 0 Å². The van der Waals surface area contributed by atoms with Crippen LogP contribution < -0.4 is 0 Å². The number of aromatic nitrogens is 2. The van der Waals surface area contributed by atoms with Crippen molar-refractivity contribution in [3.05, 3.63) is 30.0 Å². The van der Waals surface area contributed by atoms with E-state index in [1.165, 1.54) is 6.04 Å². The van der Waals surface area contributed by atoms with E-state index in [1.807, 2.05) is 29.1 Å². The maximum atomic E-state index is 5.71. The zero-order valence-electron chi connectivity index (χ0n) is 11.8. The predicted octanol–water partition coefficient (Wildman–Crippen LogP) is 3.33. The molecule has 0 radical (unpaired) electrons. The third kappa shape index (κ3) is 3.69. The number of nitrogens with zero attached hydrogens (tertiary/aromatic N) is 2. The number of rotatable bonds is 5. The highest BCUT2D eigenvalue weighted by molar-refractivity contribution is 6.76. The summed E-state index contributed by atoms with van der Waals surface area (Å²) in [6.07, 6.45) is 7.22. The van der Waals surface area contributed by atoms with Gasteiger partial charge in [0, 0.05) is 25.6 Å². The maximum Gasteiger partial charge on any atom is 0.139 e. The van der Waals surface area contributed by atoms with Crippen molar-refractivity contribution in [1.82, 2.24) is 9.78 Å². The van der Waals surface area contributed by atoms with Crippen LogP contribution in [0.5, 0.6) is 0 Å². The molecule has 2 rings (SSSR count). The first-order chi connectivity index (χ1) is 8.99. The average molecular weight is 272 g/mol. The molecule has 1 aromatic heterocycles. The Hall–Kier alpha value is -1.57. The summed E-state index contributed by atoms with van der Waals surface area (Å²) in [6.45, 7) is 8.35. The number of hydrogen-bond donors (Lipinski definition) is 0. The summed E-state index contributed by atoms with van der Waals surface area (Å²) in [5.74, 6) is 2.63. The first kappa shape index (κ1) is 13.8. The summed E-state index contributed by atoms with van der Waals surface area (Å²) in [7, 11) is -1.02. The summed E-state index contributed by atoms with van der Waals surface area (Å²) in [5.41, 5.74) is 1.94. The molecular weight excluding hydrogens is 252 g/mol. The van der Waals surface area contributed by atoms with Crippen molar-refractivity contribution in [2.45, 2.75) is 32.4 Å². The van der Waals surface area contributed by atoms with Gasteiger partial charge in [-0.15, -0.1) is 6.42 Å². The Morgan fingerprint density at radius 2 is 2.16 bits per heavy atom. The minimum atomic E-state index is -1.02. The Kier molecular flexibility index (Phi) is 4.08. The van der Waals surface area contributed by atoms with Crippen molar-refractivity contribution >= 4 is 19.0 Å². The third-order valence-corrected chi connectivity index (χ3v) is 4.72. The van der Waals surface area contributed by atoms with Crippen LogP contribution in [0, 0.1) is 12.3 Å². The molecule has 0 aliphatic carbocycles. The Balaban J connectivity index is 2.00. The van der Waals surface area contributed by atoms with Crippen LogP contribution in [0.25, 0.3) is 10.9 Å². The fourth-order valence-electron chi connectivity index (χ4n) is 1.81. The molecule has 1 aromatic carbocycles. The van der Waals surface area contributed by atoms with Gasteiger partial charge in [0.2, 0.25) is 0 Å². The van der Waals surface area contributed by atoms with Crippen LogP contribution in [0.15, 0.2) is 24.4 Å². The lowest BCUT2D eigenvalue weighted by atomic mass is 10.2. The highest BCUT2D eigenvalue weighted by atomic mass is 28.3. The van der Waals surface area contributed by atoms with Gasteiger partial charge in [-0.1, -0.05) is 25.6 Å². The van der Waals surface area contributed by atoms with Crippen molar-refractivity contribution in [3.8, 4) is 12.3 Å². The molecule has 1 heterocycles. The van der Waals surface area contributed by atoms with E-state index < -0.39 is 8.07 Å². The van der Waals surface area contributed by atoms with Gasteiger partial charge >= 0.3 is 0 Å². The fraction of sp³-hybridized carbons (Fsp3) is 0.400. The SMILES string of the molecule is C#Cc1ccc2c(cnn2COCC[Si](C)(C)C)c1.